The molecule has 0 saturated heterocycles. The van der Waals surface area contributed by atoms with E-state index in [1.807, 2.05) is 0 Å². The highest BCUT2D eigenvalue weighted by Gasteiger charge is 1.98. The Balaban J connectivity index is 3.13. The number of unbranched alkanes of at least 4 members (excludes halogenated alkanes) is 11. The first-order chi connectivity index (χ1) is 10.3. The van der Waals surface area contributed by atoms with Gasteiger partial charge in [-0.1, -0.05) is 84.5 Å². The number of hydrogen-bond donors (Lipinski definition) is 2. The molecule has 21 heavy (non-hydrogen) atoms. The van der Waals surface area contributed by atoms with E-state index in [2.05, 4.69) is 24.5 Å². The first-order valence-corrected chi connectivity index (χ1v) is 9.33. The summed E-state index contributed by atoms with van der Waals surface area (Å²) in [6.45, 7) is 6.11. The van der Waals surface area contributed by atoms with Crippen molar-refractivity contribution < 1.29 is 4.79 Å². The zero-order valence-electron chi connectivity index (χ0n) is 14.5. The van der Waals surface area contributed by atoms with Gasteiger partial charge in [0, 0.05) is 13.1 Å². The number of carbonyl (C=O) groups is 1. The van der Waals surface area contributed by atoms with E-state index < -0.39 is 0 Å². The van der Waals surface area contributed by atoms with E-state index in [0.717, 1.165) is 25.9 Å². The number of carbonyl (C=O) groups excluding carboxylic acids is 1. The van der Waals surface area contributed by atoms with Crippen molar-refractivity contribution in [1.29, 1.82) is 0 Å². The van der Waals surface area contributed by atoms with Crippen molar-refractivity contribution in [3.8, 4) is 0 Å². The Hall–Kier alpha value is -0.730. The quantitative estimate of drug-likeness (QED) is 0.391. The Kier molecular flexibility index (Phi) is 16.7. The third kappa shape index (κ3) is 17.2. The summed E-state index contributed by atoms with van der Waals surface area (Å²) >= 11 is 0. The molecule has 0 atom stereocenters. The van der Waals surface area contributed by atoms with Crippen LogP contribution in [0.2, 0.25) is 0 Å². The molecule has 0 saturated carbocycles. The van der Waals surface area contributed by atoms with Gasteiger partial charge in [0.15, 0.2) is 0 Å². The van der Waals surface area contributed by atoms with Crippen LogP contribution < -0.4 is 10.6 Å². The number of hydrogen-bond acceptors (Lipinski definition) is 1. The molecule has 0 rings (SSSR count). The Labute approximate surface area is 132 Å². The summed E-state index contributed by atoms with van der Waals surface area (Å²) in [7, 11) is 0. The van der Waals surface area contributed by atoms with Crippen molar-refractivity contribution in [2.24, 2.45) is 0 Å². The average Bonchev–Trinajstić information content (AvgIpc) is 2.49. The highest BCUT2D eigenvalue weighted by molar-refractivity contribution is 5.73. The van der Waals surface area contributed by atoms with Crippen molar-refractivity contribution in [1.82, 2.24) is 10.6 Å². The molecule has 2 N–H and O–H groups in total. The second-order valence-corrected chi connectivity index (χ2v) is 6.07. The molecule has 0 radical (unpaired) electrons. The first-order valence-electron chi connectivity index (χ1n) is 9.33. The van der Waals surface area contributed by atoms with Gasteiger partial charge in [0.1, 0.15) is 0 Å². The number of nitrogens with one attached hydrogen (secondary N) is 2. The van der Waals surface area contributed by atoms with Gasteiger partial charge in [0.05, 0.1) is 0 Å². The van der Waals surface area contributed by atoms with Crippen LogP contribution in [0.4, 0.5) is 4.79 Å². The van der Waals surface area contributed by atoms with E-state index in [-0.39, 0.29) is 6.03 Å². The van der Waals surface area contributed by atoms with Crippen molar-refractivity contribution in [3.63, 3.8) is 0 Å². The molecular formula is C18H38N2O. The summed E-state index contributed by atoms with van der Waals surface area (Å²) in [4.78, 5) is 11.5. The van der Waals surface area contributed by atoms with Crippen LogP contribution in [0.25, 0.3) is 0 Å². The zero-order valence-corrected chi connectivity index (χ0v) is 14.5. The van der Waals surface area contributed by atoms with E-state index in [0.29, 0.717) is 0 Å². The van der Waals surface area contributed by atoms with E-state index in [9.17, 15) is 4.79 Å². The normalized spacial score (nSPS) is 10.6. The van der Waals surface area contributed by atoms with E-state index in [1.54, 1.807) is 0 Å². The molecule has 0 aromatic carbocycles. The summed E-state index contributed by atoms with van der Waals surface area (Å²) in [5, 5.41) is 5.89. The molecule has 0 aromatic rings. The zero-order chi connectivity index (χ0) is 15.6. The number of rotatable bonds is 15. The number of amides is 2. The van der Waals surface area contributed by atoms with Gasteiger partial charge in [0.25, 0.3) is 0 Å². The third-order valence-electron chi connectivity index (χ3n) is 3.88. The van der Waals surface area contributed by atoms with Gasteiger partial charge >= 0.3 is 6.03 Å². The first kappa shape index (κ1) is 20.3. The predicted octanol–water partition coefficient (Wildman–Crippen LogP) is 5.40. The molecule has 0 fully saturated rings. The van der Waals surface area contributed by atoms with Gasteiger partial charge in [-0.15, -0.1) is 0 Å². The molecule has 2 amide bonds. The van der Waals surface area contributed by atoms with Crippen LogP contribution in [0.5, 0.6) is 0 Å². The van der Waals surface area contributed by atoms with Gasteiger partial charge in [-0.25, -0.2) is 4.79 Å². The predicted molar refractivity (Wildman–Crippen MR) is 92.8 cm³/mol. The Morgan fingerprint density at radius 1 is 0.571 bits per heavy atom. The maximum absolute atomic E-state index is 11.5. The molecule has 0 aliphatic rings. The lowest BCUT2D eigenvalue weighted by Gasteiger charge is -2.07. The fourth-order valence-corrected chi connectivity index (χ4v) is 2.45. The fraction of sp³-hybridized carbons (Fsp3) is 0.944. The molecule has 0 aliphatic heterocycles. The summed E-state index contributed by atoms with van der Waals surface area (Å²) in [6, 6.07) is 0.00883. The summed E-state index contributed by atoms with van der Waals surface area (Å²) in [5.74, 6) is 0. The van der Waals surface area contributed by atoms with Crippen molar-refractivity contribution in [2.45, 2.75) is 97.3 Å². The lowest BCUT2D eigenvalue weighted by atomic mass is 10.1. The second kappa shape index (κ2) is 17.3. The van der Waals surface area contributed by atoms with Crippen LogP contribution in [-0.4, -0.2) is 19.1 Å². The topological polar surface area (TPSA) is 41.1 Å². The Bertz CT molecular complexity index is 219. The largest absolute Gasteiger partial charge is 0.338 e. The second-order valence-electron chi connectivity index (χ2n) is 6.07. The standard InChI is InChI=1S/C18H38N2O/c1-3-5-7-9-11-13-15-17-20-18(21)19-16-14-12-10-8-6-4-2/h3-17H2,1-2H3,(H2,19,20,21). The summed E-state index contributed by atoms with van der Waals surface area (Å²) in [6.07, 6.45) is 16.6. The minimum Gasteiger partial charge on any atom is -0.338 e. The van der Waals surface area contributed by atoms with E-state index in [1.165, 1.54) is 70.6 Å². The van der Waals surface area contributed by atoms with Crippen LogP contribution in [0.1, 0.15) is 97.3 Å². The highest BCUT2D eigenvalue weighted by atomic mass is 16.2. The van der Waals surface area contributed by atoms with Crippen molar-refractivity contribution in [2.75, 3.05) is 13.1 Å². The van der Waals surface area contributed by atoms with Gasteiger partial charge in [-0.3, -0.25) is 0 Å². The summed E-state index contributed by atoms with van der Waals surface area (Å²) in [5.41, 5.74) is 0. The maximum atomic E-state index is 11.5. The van der Waals surface area contributed by atoms with E-state index in [4.69, 9.17) is 0 Å². The molecule has 126 valence electrons. The molecule has 3 heteroatoms. The van der Waals surface area contributed by atoms with Crippen molar-refractivity contribution >= 4 is 6.03 Å². The third-order valence-corrected chi connectivity index (χ3v) is 3.88. The van der Waals surface area contributed by atoms with Gasteiger partial charge in [-0.2, -0.15) is 0 Å². The monoisotopic (exact) mass is 298 g/mol. The molecule has 3 nitrogen and oxygen atoms in total. The van der Waals surface area contributed by atoms with Crippen LogP contribution in [0, 0.1) is 0 Å². The minimum absolute atomic E-state index is 0.00883. The van der Waals surface area contributed by atoms with E-state index >= 15 is 0 Å². The molecule has 0 heterocycles. The molecule has 0 unspecified atom stereocenters. The van der Waals surface area contributed by atoms with Gasteiger partial charge < -0.3 is 10.6 Å². The lowest BCUT2D eigenvalue weighted by molar-refractivity contribution is 0.240. The van der Waals surface area contributed by atoms with Crippen LogP contribution in [-0.2, 0) is 0 Å². The average molecular weight is 299 g/mol. The smallest absolute Gasteiger partial charge is 0.314 e. The maximum Gasteiger partial charge on any atom is 0.314 e. The molecule has 0 spiro atoms. The van der Waals surface area contributed by atoms with Gasteiger partial charge in [-0.05, 0) is 12.8 Å². The minimum atomic E-state index is 0.00883. The SMILES string of the molecule is CCCCCCCCCNC(=O)NCCCCCCCC. The van der Waals surface area contributed by atoms with Gasteiger partial charge in [0.2, 0.25) is 0 Å². The molecule has 0 bridgehead atoms. The Morgan fingerprint density at radius 2 is 0.905 bits per heavy atom. The Morgan fingerprint density at radius 3 is 1.29 bits per heavy atom. The number of urea groups is 1. The highest BCUT2D eigenvalue weighted by Crippen LogP contribution is 2.06. The summed E-state index contributed by atoms with van der Waals surface area (Å²) < 4.78 is 0. The lowest BCUT2D eigenvalue weighted by Crippen LogP contribution is -2.36. The molecular weight excluding hydrogens is 260 g/mol. The fourth-order valence-electron chi connectivity index (χ4n) is 2.45. The van der Waals surface area contributed by atoms with Crippen LogP contribution in [0.15, 0.2) is 0 Å². The molecule has 0 aliphatic carbocycles. The van der Waals surface area contributed by atoms with Crippen LogP contribution in [0.3, 0.4) is 0 Å². The molecule has 0 aromatic heterocycles. The van der Waals surface area contributed by atoms with Crippen LogP contribution >= 0.6 is 0 Å². The van der Waals surface area contributed by atoms with Crippen molar-refractivity contribution in [3.05, 3.63) is 0 Å².